The van der Waals surface area contributed by atoms with Crippen LogP contribution in [-0.4, -0.2) is 16.7 Å². The van der Waals surface area contributed by atoms with E-state index >= 15 is 0 Å². The molecule has 0 aliphatic heterocycles. The highest BCUT2D eigenvalue weighted by Gasteiger charge is 2.30. The molecule has 1 aromatic carbocycles. The number of hydrogen-bond donors (Lipinski definition) is 1. The quantitative estimate of drug-likeness (QED) is 0.929. The van der Waals surface area contributed by atoms with Crippen LogP contribution < -0.4 is 5.32 Å². The third-order valence-corrected chi connectivity index (χ3v) is 2.45. The van der Waals surface area contributed by atoms with Crippen molar-refractivity contribution in [2.75, 3.05) is 6.54 Å². The van der Waals surface area contributed by atoms with Crippen molar-refractivity contribution < 1.29 is 17.6 Å². The molecule has 0 fully saturated rings. The molecule has 1 N–H and O–H groups in total. The van der Waals surface area contributed by atoms with Crippen molar-refractivity contribution in [1.82, 2.24) is 15.5 Å². The Morgan fingerprint density at radius 1 is 1.16 bits per heavy atom. The molecule has 0 unspecified atom stereocenters. The number of benzene rings is 1. The van der Waals surface area contributed by atoms with Gasteiger partial charge in [0.1, 0.15) is 0 Å². The molecule has 2 aromatic rings. The van der Waals surface area contributed by atoms with E-state index in [4.69, 9.17) is 4.42 Å². The highest BCUT2D eigenvalue weighted by molar-refractivity contribution is 5.53. The molecule has 0 radical (unpaired) electrons. The predicted molar refractivity (Wildman–Crippen MR) is 62.1 cm³/mol. The van der Waals surface area contributed by atoms with Crippen LogP contribution in [0.4, 0.5) is 13.2 Å². The monoisotopic (exact) mass is 271 g/mol. The van der Waals surface area contributed by atoms with Crippen LogP contribution in [0.2, 0.25) is 0 Å². The van der Waals surface area contributed by atoms with E-state index in [0.717, 1.165) is 18.7 Å². The number of alkyl halides is 3. The zero-order valence-electron chi connectivity index (χ0n) is 10.2. The van der Waals surface area contributed by atoms with Crippen molar-refractivity contribution in [3.8, 4) is 11.5 Å². The standard InChI is InChI=1S/C12H12F3N3O/c1-2-16-7-10-17-18-11(19-10)8-3-5-9(6-4-8)12(13,14)15/h3-6,16H,2,7H2,1H3. The highest BCUT2D eigenvalue weighted by atomic mass is 19.4. The third kappa shape index (κ3) is 3.31. The van der Waals surface area contributed by atoms with Crippen molar-refractivity contribution in [2.24, 2.45) is 0 Å². The van der Waals surface area contributed by atoms with Crippen LogP contribution in [0.25, 0.3) is 11.5 Å². The Bertz CT molecular complexity index is 534. The first-order valence-corrected chi connectivity index (χ1v) is 5.71. The summed E-state index contributed by atoms with van der Waals surface area (Å²) in [5.74, 6) is 0.610. The van der Waals surface area contributed by atoms with Gasteiger partial charge in [-0.25, -0.2) is 0 Å². The first-order valence-electron chi connectivity index (χ1n) is 5.71. The van der Waals surface area contributed by atoms with Crippen LogP contribution in [0.1, 0.15) is 18.4 Å². The summed E-state index contributed by atoms with van der Waals surface area (Å²) in [7, 11) is 0. The van der Waals surface area contributed by atoms with Crippen molar-refractivity contribution >= 4 is 0 Å². The van der Waals surface area contributed by atoms with Crippen molar-refractivity contribution in [2.45, 2.75) is 19.6 Å². The molecule has 4 nitrogen and oxygen atoms in total. The zero-order chi connectivity index (χ0) is 13.9. The Kier molecular flexibility index (Phi) is 3.84. The molecular weight excluding hydrogens is 259 g/mol. The van der Waals surface area contributed by atoms with Gasteiger partial charge < -0.3 is 9.73 Å². The van der Waals surface area contributed by atoms with Crippen LogP contribution in [-0.2, 0) is 12.7 Å². The second-order valence-corrected chi connectivity index (χ2v) is 3.86. The van der Waals surface area contributed by atoms with Crippen molar-refractivity contribution in [3.05, 3.63) is 35.7 Å². The van der Waals surface area contributed by atoms with Gasteiger partial charge in [-0.05, 0) is 30.8 Å². The molecule has 0 aliphatic rings. The Morgan fingerprint density at radius 2 is 1.84 bits per heavy atom. The Morgan fingerprint density at radius 3 is 2.42 bits per heavy atom. The van der Waals surface area contributed by atoms with Gasteiger partial charge in [0, 0.05) is 5.56 Å². The molecule has 1 aromatic heterocycles. The lowest BCUT2D eigenvalue weighted by Gasteiger charge is -2.05. The summed E-state index contributed by atoms with van der Waals surface area (Å²) in [5.41, 5.74) is -0.244. The molecule has 0 saturated carbocycles. The number of nitrogens with one attached hydrogen (secondary N) is 1. The van der Waals surface area contributed by atoms with Crippen LogP contribution in [0.5, 0.6) is 0 Å². The number of nitrogens with zero attached hydrogens (tertiary/aromatic N) is 2. The summed E-state index contributed by atoms with van der Waals surface area (Å²) in [6.07, 6.45) is -4.34. The second kappa shape index (κ2) is 5.40. The van der Waals surface area contributed by atoms with Gasteiger partial charge in [0.2, 0.25) is 11.8 Å². The van der Waals surface area contributed by atoms with E-state index < -0.39 is 11.7 Å². The molecular formula is C12H12F3N3O. The Hall–Kier alpha value is -1.89. The first kappa shape index (κ1) is 13.5. The molecule has 2 rings (SSSR count). The van der Waals surface area contributed by atoms with E-state index in [-0.39, 0.29) is 5.89 Å². The summed E-state index contributed by atoms with van der Waals surface area (Å²) in [5, 5.41) is 10.6. The van der Waals surface area contributed by atoms with E-state index in [1.54, 1.807) is 0 Å². The summed E-state index contributed by atoms with van der Waals surface area (Å²) >= 11 is 0. The normalized spacial score (nSPS) is 11.8. The van der Waals surface area contributed by atoms with Crippen LogP contribution >= 0.6 is 0 Å². The van der Waals surface area contributed by atoms with Crippen LogP contribution in [0.15, 0.2) is 28.7 Å². The second-order valence-electron chi connectivity index (χ2n) is 3.86. The fourth-order valence-corrected chi connectivity index (χ4v) is 1.48. The fourth-order valence-electron chi connectivity index (χ4n) is 1.48. The minimum Gasteiger partial charge on any atom is -0.419 e. The smallest absolute Gasteiger partial charge is 0.416 e. The number of aromatic nitrogens is 2. The summed E-state index contributed by atoms with van der Waals surface area (Å²) in [6.45, 7) is 3.13. The number of rotatable bonds is 4. The van der Waals surface area contributed by atoms with Gasteiger partial charge in [-0.1, -0.05) is 6.92 Å². The van der Waals surface area contributed by atoms with Gasteiger partial charge in [0.15, 0.2) is 0 Å². The molecule has 19 heavy (non-hydrogen) atoms. The Labute approximate surface area is 107 Å². The molecule has 7 heteroatoms. The highest BCUT2D eigenvalue weighted by Crippen LogP contribution is 2.30. The molecule has 0 atom stereocenters. The molecule has 0 saturated heterocycles. The van der Waals surface area contributed by atoms with Crippen LogP contribution in [0.3, 0.4) is 0 Å². The average Bonchev–Trinajstić information content (AvgIpc) is 2.84. The lowest BCUT2D eigenvalue weighted by atomic mass is 10.1. The molecule has 1 heterocycles. The van der Waals surface area contributed by atoms with Gasteiger partial charge >= 0.3 is 6.18 Å². The SMILES string of the molecule is CCNCc1nnc(-c2ccc(C(F)(F)F)cc2)o1. The maximum atomic E-state index is 12.4. The van der Waals surface area contributed by atoms with Gasteiger partial charge in [0.05, 0.1) is 12.1 Å². The predicted octanol–water partition coefficient (Wildman–Crippen LogP) is 2.86. The van der Waals surface area contributed by atoms with E-state index in [9.17, 15) is 13.2 Å². The van der Waals surface area contributed by atoms with E-state index in [2.05, 4.69) is 15.5 Å². The summed E-state index contributed by atoms with van der Waals surface area (Å²) in [4.78, 5) is 0. The summed E-state index contributed by atoms with van der Waals surface area (Å²) in [6, 6.07) is 4.60. The number of halogens is 3. The topological polar surface area (TPSA) is 51.0 Å². The lowest BCUT2D eigenvalue weighted by molar-refractivity contribution is -0.137. The largest absolute Gasteiger partial charge is 0.419 e. The van der Waals surface area contributed by atoms with Crippen molar-refractivity contribution in [3.63, 3.8) is 0 Å². The fraction of sp³-hybridized carbons (Fsp3) is 0.333. The van der Waals surface area contributed by atoms with Gasteiger partial charge in [-0.15, -0.1) is 10.2 Å². The van der Waals surface area contributed by atoms with E-state index in [0.29, 0.717) is 18.0 Å². The minimum absolute atomic E-state index is 0.210. The third-order valence-electron chi connectivity index (χ3n) is 2.45. The molecule has 102 valence electrons. The van der Waals surface area contributed by atoms with Crippen LogP contribution in [0, 0.1) is 0 Å². The average molecular weight is 271 g/mol. The van der Waals surface area contributed by atoms with E-state index in [1.165, 1.54) is 12.1 Å². The Balaban J connectivity index is 2.16. The lowest BCUT2D eigenvalue weighted by Crippen LogP contribution is -2.11. The van der Waals surface area contributed by atoms with Crippen molar-refractivity contribution in [1.29, 1.82) is 0 Å². The molecule has 0 aliphatic carbocycles. The van der Waals surface area contributed by atoms with Gasteiger partial charge in [-0.2, -0.15) is 13.2 Å². The van der Waals surface area contributed by atoms with E-state index in [1.807, 2.05) is 6.92 Å². The minimum atomic E-state index is -4.34. The first-order chi connectivity index (χ1) is 9.00. The van der Waals surface area contributed by atoms with Gasteiger partial charge in [0.25, 0.3) is 0 Å². The molecule has 0 spiro atoms. The summed E-state index contributed by atoms with van der Waals surface area (Å²) < 4.78 is 42.5. The zero-order valence-corrected chi connectivity index (χ0v) is 10.2. The molecule has 0 bridgehead atoms. The maximum absolute atomic E-state index is 12.4. The molecule has 0 amide bonds. The maximum Gasteiger partial charge on any atom is 0.416 e. The number of hydrogen-bond acceptors (Lipinski definition) is 4. The van der Waals surface area contributed by atoms with Gasteiger partial charge in [-0.3, -0.25) is 0 Å².